The van der Waals surface area contributed by atoms with E-state index in [1.54, 1.807) is 17.2 Å². The summed E-state index contributed by atoms with van der Waals surface area (Å²) in [5, 5.41) is 4.77. The zero-order chi connectivity index (χ0) is 26.7. The zero-order valence-electron chi connectivity index (χ0n) is 22.1. The maximum absolute atomic E-state index is 13.9. The van der Waals surface area contributed by atoms with Gasteiger partial charge in [-0.25, -0.2) is 0 Å². The van der Waals surface area contributed by atoms with E-state index < -0.39 is 17.9 Å². The lowest BCUT2D eigenvalue weighted by molar-refractivity contribution is -0.147. The number of carbonyl (C=O) groups excluding carboxylic acids is 3. The highest BCUT2D eigenvalue weighted by Crippen LogP contribution is 2.26. The van der Waals surface area contributed by atoms with Crippen LogP contribution in [0.2, 0.25) is 0 Å². The Morgan fingerprint density at radius 3 is 2.45 bits per heavy atom. The number of amides is 2. The Labute approximate surface area is 224 Å². The Balaban J connectivity index is 1.52. The third-order valence-electron chi connectivity index (χ3n) is 7.42. The van der Waals surface area contributed by atoms with E-state index in [1.807, 2.05) is 54.6 Å². The minimum absolute atomic E-state index is 0.131. The standard InChI is InChI=1S/C31H37N3O4/c1-38-29(35)22-34(19-18-24-12-6-3-7-13-24)31(37)27(17-16-23-10-4-2-5-11-23)33-30(36)28-20-25-14-8-9-15-26(25)21-32-28/h2,4-5,8-11,14-15,20-21,24,27H,3,6-7,12-13,16-19,22H2,1H3,(H,33,36)/t27-/m0/s1. The molecule has 7 nitrogen and oxygen atoms in total. The minimum Gasteiger partial charge on any atom is -0.468 e. The number of carbonyl (C=O) groups is 3. The predicted octanol–water partition coefficient (Wildman–Crippen LogP) is 4.94. The maximum Gasteiger partial charge on any atom is 0.325 e. The van der Waals surface area contributed by atoms with Crippen LogP contribution >= 0.6 is 0 Å². The van der Waals surface area contributed by atoms with Gasteiger partial charge in [-0.2, -0.15) is 0 Å². The first-order chi connectivity index (χ1) is 18.5. The van der Waals surface area contributed by atoms with Crippen molar-refractivity contribution in [1.29, 1.82) is 0 Å². The van der Waals surface area contributed by atoms with Crippen molar-refractivity contribution in [2.75, 3.05) is 20.2 Å². The number of fused-ring (bicyclic) bond motifs is 1. The smallest absolute Gasteiger partial charge is 0.325 e. The summed E-state index contributed by atoms with van der Waals surface area (Å²) < 4.78 is 4.89. The van der Waals surface area contributed by atoms with Gasteiger partial charge < -0.3 is 15.0 Å². The van der Waals surface area contributed by atoms with Crippen molar-refractivity contribution in [1.82, 2.24) is 15.2 Å². The largest absolute Gasteiger partial charge is 0.468 e. The van der Waals surface area contributed by atoms with Crippen molar-refractivity contribution in [2.24, 2.45) is 5.92 Å². The fourth-order valence-corrected chi connectivity index (χ4v) is 5.18. The molecule has 1 saturated carbocycles. The summed E-state index contributed by atoms with van der Waals surface area (Å²) in [6.45, 7) is 0.332. The lowest BCUT2D eigenvalue weighted by Gasteiger charge is -2.29. The Bertz CT molecular complexity index is 1220. The van der Waals surface area contributed by atoms with Crippen LogP contribution in [0, 0.1) is 5.92 Å². The molecule has 1 aliphatic rings. The molecule has 0 aliphatic heterocycles. The Morgan fingerprint density at radius 1 is 1.00 bits per heavy atom. The van der Waals surface area contributed by atoms with E-state index in [0.717, 1.165) is 35.6 Å². The van der Waals surface area contributed by atoms with Crippen LogP contribution < -0.4 is 5.32 Å². The third kappa shape index (κ3) is 7.63. The second-order valence-electron chi connectivity index (χ2n) is 10.1. The summed E-state index contributed by atoms with van der Waals surface area (Å²) in [5.41, 5.74) is 1.33. The molecule has 2 aromatic carbocycles. The van der Waals surface area contributed by atoms with Crippen LogP contribution in [0.5, 0.6) is 0 Å². The fourth-order valence-electron chi connectivity index (χ4n) is 5.18. The summed E-state index contributed by atoms with van der Waals surface area (Å²) in [6, 6.07) is 18.5. The Hall–Kier alpha value is -3.74. The second-order valence-corrected chi connectivity index (χ2v) is 10.1. The molecule has 3 aromatic rings. The van der Waals surface area contributed by atoms with Gasteiger partial charge in [-0.15, -0.1) is 0 Å². The molecule has 1 aliphatic carbocycles. The van der Waals surface area contributed by atoms with Gasteiger partial charge in [-0.1, -0.05) is 86.7 Å². The van der Waals surface area contributed by atoms with E-state index in [0.29, 0.717) is 25.3 Å². The average molecular weight is 516 g/mol. The summed E-state index contributed by atoms with van der Waals surface area (Å²) in [6.07, 6.45) is 9.52. The van der Waals surface area contributed by atoms with E-state index in [2.05, 4.69) is 10.3 Å². The number of rotatable bonds is 11. The predicted molar refractivity (Wildman–Crippen MR) is 148 cm³/mol. The highest BCUT2D eigenvalue weighted by Gasteiger charge is 2.29. The van der Waals surface area contributed by atoms with Crippen LogP contribution in [0.15, 0.2) is 66.9 Å². The average Bonchev–Trinajstić information content (AvgIpc) is 2.97. The van der Waals surface area contributed by atoms with E-state index in [-0.39, 0.29) is 18.1 Å². The molecular weight excluding hydrogens is 478 g/mol. The molecule has 1 heterocycles. The molecule has 1 atom stereocenters. The normalized spacial score (nSPS) is 14.6. The summed E-state index contributed by atoms with van der Waals surface area (Å²) in [5.74, 6) is -0.592. The molecule has 2 amide bonds. The van der Waals surface area contributed by atoms with Crippen molar-refractivity contribution in [3.05, 3.63) is 78.1 Å². The van der Waals surface area contributed by atoms with Gasteiger partial charge in [-0.05, 0) is 42.2 Å². The third-order valence-corrected chi connectivity index (χ3v) is 7.42. The number of ether oxygens (including phenoxy) is 1. The maximum atomic E-state index is 13.9. The van der Waals surface area contributed by atoms with Gasteiger partial charge in [0.15, 0.2) is 0 Å². The molecule has 1 fully saturated rings. The van der Waals surface area contributed by atoms with Crippen molar-refractivity contribution < 1.29 is 19.1 Å². The Kier molecular flexibility index (Phi) is 9.84. The highest BCUT2D eigenvalue weighted by molar-refractivity contribution is 5.99. The van der Waals surface area contributed by atoms with Gasteiger partial charge in [0.2, 0.25) is 5.91 Å². The lowest BCUT2D eigenvalue weighted by Crippen LogP contribution is -2.50. The van der Waals surface area contributed by atoms with Gasteiger partial charge in [0.1, 0.15) is 18.3 Å². The van der Waals surface area contributed by atoms with Crippen LogP contribution in [0.1, 0.15) is 61.0 Å². The lowest BCUT2D eigenvalue weighted by atomic mass is 9.87. The summed E-state index contributed by atoms with van der Waals surface area (Å²) in [4.78, 5) is 45.3. The molecule has 1 N–H and O–H groups in total. The molecule has 4 rings (SSSR count). The second kappa shape index (κ2) is 13.7. The fraction of sp³-hybridized carbons (Fsp3) is 0.419. The summed E-state index contributed by atoms with van der Waals surface area (Å²) >= 11 is 0. The van der Waals surface area contributed by atoms with Gasteiger partial charge in [0.25, 0.3) is 5.91 Å². The Morgan fingerprint density at radius 2 is 1.71 bits per heavy atom. The molecule has 7 heteroatoms. The number of esters is 1. The monoisotopic (exact) mass is 515 g/mol. The number of methoxy groups -OCH3 is 1. The minimum atomic E-state index is -0.799. The number of nitrogens with one attached hydrogen (secondary N) is 1. The number of hydrogen-bond acceptors (Lipinski definition) is 5. The number of pyridine rings is 1. The SMILES string of the molecule is COC(=O)CN(CCC1CCCCC1)C(=O)[C@H](CCc1ccccc1)NC(=O)c1cc2ccccc2cn1. The van der Waals surface area contributed by atoms with Crippen LogP contribution in [-0.2, 0) is 20.7 Å². The molecule has 1 aromatic heterocycles. The number of nitrogens with zero attached hydrogens (tertiary/aromatic N) is 2. The first-order valence-corrected chi connectivity index (χ1v) is 13.6. The van der Waals surface area contributed by atoms with Crippen molar-refractivity contribution in [2.45, 2.75) is 57.4 Å². The summed E-state index contributed by atoms with van der Waals surface area (Å²) in [7, 11) is 1.33. The van der Waals surface area contributed by atoms with Crippen molar-refractivity contribution in [3.8, 4) is 0 Å². The molecule has 0 bridgehead atoms. The number of aryl methyl sites for hydroxylation is 1. The van der Waals surface area contributed by atoms with Crippen LogP contribution in [-0.4, -0.2) is 53.9 Å². The molecule has 0 unspecified atom stereocenters. The van der Waals surface area contributed by atoms with Crippen molar-refractivity contribution >= 4 is 28.6 Å². The first-order valence-electron chi connectivity index (χ1n) is 13.6. The number of hydrogen-bond donors (Lipinski definition) is 1. The zero-order valence-corrected chi connectivity index (χ0v) is 22.1. The van der Waals surface area contributed by atoms with E-state index in [4.69, 9.17) is 4.74 Å². The van der Waals surface area contributed by atoms with Crippen LogP contribution in [0.3, 0.4) is 0 Å². The van der Waals surface area contributed by atoms with E-state index in [1.165, 1.54) is 26.4 Å². The van der Waals surface area contributed by atoms with Crippen molar-refractivity contribution in [3.63, 3.8) is 0 Å². The van der Waals surface area contributed by atoms with Crippen LogP contribution in [0.4, 0.5) is 0 Å². The molecule has 38 heavy (non-hydrogen) atoms. The van der Waals surface area contributed by atoms with Gasteiger partial charge in [-0.3, -0.25) is 19.4 Å². The van der Waals surface area contributed by atoms with Gasteiger partial charge in [0, 0.05) is 18.1 Å². The first kappa shape index (κ1) is 27.3. The highest BCUT2D eigenvalue weighted by atomic mass is 16.5. The van der Waals surface area contributed by atoms with Crippen LogP contribution in [0.25, 0.3) is 10.8 Å². The topological polar surface area (TPSA) is 88.6 Å². The molecule has 0 saturated heterocycles. The quantitative estimate of drug-likeness (QED) is 0.366. The van der Waals surface area contributed by atoms with Gasteiger partial charge >= 0.3 is 5.97 Å². The number of benzene rings is 2. The van der Waals surface area contributed by atoms with E-state index in [9.17, 15) is 14.4 Å². The molecule has 200 valence electrons. The molecule has 0 radical (unpaired) electrons. The molecular formula is C31H37N3O4. The van der Waals surface area contributed by atoms with E-state index >= 15 is 0 Å². The van der Waals surface area contributed by atoms with Gasteiger partial charge in [0.05, 0.1) is 7.11 Å². The number of aromatic nitrogens is 1. The molecule has 0 spiro atoms.